The topological polar surface area (TPSA) is 138 Å². The van der Waals surface area contributed by atoms with Gasteiger partial charge >= 0.3 is 0 Å². The maximum Gasteiger partial charge on any atom is 0.264 e. The summed E-state index contributed by atoms with van der Waals surface area (Å²) >= 11 is 1.15. The Labute approximate surface area is 249 Å². The van der Waals surface area contributed by atoms with Gasteiger partial charge in [-0.1, -0.05) is 41.6 Å². The van der Waals surface area contributed by atoms with Gasteiger partial charge in [-0.25, -0.2) is 18.1 Å². The van der Waals surface area contributed by atoms with E-state index in [0.717, 1.165) is 35.4 Å². The van der Waals surface area contributed by atoms with Gasteiger partial charge in [0.2, 0.25) is 11.8 Å². The summed E-state index contributed by atoms with van der Waals surface area (Å²) in [5.74, 6) is -0.369. The van der Waals surface area contributed by atoms with Gasteiger partial charge in [0.15, 0.2) is 0 Å². The number of nitrogens with zero attached hydrogens (tertiary/aromatic N) is 2. The number of hydrogen-bond donors (Lipinski definition) is 2. The predicted molar refractivity (Wildman–Crippen MR) is 163 cm³/mol. The van der Waals surface area contributed by atoms with Crippen LogP contribution in [0.25, 0.3) is 22.4 Å². The molecule has 4 aromatic rings. The fourth-order valence-electron chi connectivity index (χ4n) is 4.02. The van der Waals surface area contributed by atoms with Crippen LogP contribution in [0.4, 0.5) is 5.69 Å². The average Bonchev–Trinajstić information content (AvgIpc) is 2.97. The van der Waals surface area contributed by atoms with Crippen molar-refractivity contribution >= 4 is 39.3 Å². The Balaban J connectivity index is 1.64. The van der Waals surface area contributed by atoms with Crippen molar-refractivity contribution in [2.24, 2.45) is 0 Å². The lowest BCUT2D eigenvalue weighted by molar-refractivity contribution is -0.117. The summed E-state index contributed by atoms with van der Waals surface area (Å²) < 4.78 is 31.6. The molecule has 1 heterocycles. The lowest BCUT2D eigenvalue weighted by Crippen LogP contribution is -2.28. The van der Waals surface area contributed by atoms with Gasteiger partial charge in [-0.15, -0.1) is 0 Å². The normalized spacial score (nSPS) is 11.7. The highest BCUT2D eigenvalue weighted by Crippen LogP contribution is 2.36. The summed E-state index contributed by atoms with van der Waals surface area (Å²) in [5.41, 5.74) is 4.82. The molecule has 1 aromatic heterocycles. The average molecular weight is 601 g/mol. The van der Waals surface area contributed by atoms with E-state index < -0.39 is 21.2 Å². The number of benzene rings is 3. The number of thioether (sulfide) groups is 1. The molecule has 0 radical (unpaired) electrons. The summed E-state index contributed by atoms with van der Waals surface area (Å²) in [6, 6.07) is 24.9. The Bertz CT molecular complexity index is 1760. The van der Waals surface area contributed by atoms with E-state index in [2.05, 4.69) is 11.4 Å². The summed E-state index contributed by atoms with van der Waals surface area (Å²) in [6.45, 7) is 4.79. The molecule has 0 fully saturated rings. The molecule has 0 aliphatic rings. The molecule has 11 heteroatoms. The van der Waals surface area contributed by atoms with E-state index in [1.807, 2.05) is 66.2 Å². The maximum atomic E-state index is 13.1. The zero-order valence-electron chi connectivity index (χ0n) is 23.3. The number of anilines is 1. The van der Waals surface area contributed by atoms with Crippen LogP contribution in [0, 0.1) is 18.3 Å². The van der Waals surface area contributed by atoms with E-state index in [4.69, 9.17) is 9.72 Å². The monoisotopic (exact) mass is 600 g/mol. The SMILES string of the molecule is COc1ccc(-c2cc(-c3ccc(C)cc3)c(C#N)c(SC(C)C(=O)Nc3ccc(S(=O)(=O)NC(C)=O)cc3)n2)cc1. The van der Waals surface area contributed by atoms with Crippen molar-refractivity contribution in [2.75, 3.05) is 12.4 Å². The number of amides is 2. The first kappa shape index (κ1) is 30.3. The summed E-state index contributed by atoms with van der Waals surface area (Å²) in [6.07, 6.45) is 0. The Morgan fingerprint density at radius 3 is 2.17 bits per heavy atom. The number of sulfonamides is 1. The van der Waals surface area contributed by atoms with Crippen LogP contribution in [-0.4, -0.2) is 37.6 Å². The minimum absolute atomic E-state index is 0.111. The molecule has 1 atom stereocenters. The third kappa shape index (κ3) is 7.15. The standard InChI is InChI=1S/C31H28N4O5S2/c1-19-5-7-22(8-6-19)27-17-29(23-9-13-25(40-4)14-10-23)34-31(28(27)18-32)41-20(2)30(37)33-24-11-15-26(16-12-24)42(38,39)35-21(3)36/h5-17,20H,1-4H3,(H,33,37)(H,35,36). The van der Waals surface area contributed by atoms with Crippen LogP contribution in [0.2, 0.25) is 0 Å². The Morgan fingerprint density at radius 2 is 1.60 bits per heavy atom. The molecule has 3 aromatic carbocycles. The van der Waals surface area contributed by atoms with Crippen LogP contribution in [0.3, 0.4) is 0 Å². The zero-order chi connectivity index (χ0) is 30.4. The quantitative estimate of drug-likeness (QED) is 0.239. The molecule has 0 saturated heterocycles. The van der Waals surface area contributed by atoms with Crippen LogP contribution in [0.1, 0.15) is 25.0 Å². The number of nitrogens with one attached hydrogen (secondary N) is 2. The van der Waals surface area contributed by atoms with Crippen LogP contribution < -0.4 is 14.8 Å². The van der Waals surface area contributed by atoms with Crippen molar-refractivity contribution in [1.82, 2.24) is 9.71 Å². The molecule has 0 aliphatic carbocycles. The third-order valence-electron chi connectivity index (χ3n) is 6.21. The summed E-state index contributed by atoms with van der Waals surface area (Å²) in [5, 5.41) is 12.7. The van der Waals surface area contributed by atoms with Gasteiger partial charge in [-0.3, -0.25) is 9.59 Å². The van der Waals surface area contributed by atoms with E-state index in [0.29, 0.717) is 33.3 Å². The fourth-order valence-corrected chi connectivity index (χ4v) is 5.93. The second-order valence-corrected chi connectivity index (χ2v) is 12.4. The Hall–Kier alpha value is -4.66. The first-order valence-corrected chi connectivity index (χ1v) is 15.1. The lowest BCUT2D eigenvalue weighted by Gasteiger charge is -2.16. The molecule has 42 heavy (non-hydrogen) atoms. The highest BCUT2D eigenvalue weighted by atomic mass is 32.2. The smallest absolute Gasteiger partial charge is 0.264 e. The second kappa shape index (κ2) is 12.9. The van der Waals surface area contributed by atoms with Gasteiger partial charge in [-0.2, -0.15) is 5.26 Å². The third-order valence-corrected chi connectivity index (χ3v) is 8.75. The van der Waals surface area contributed by atoms with Crippen molar-refractivity contribution < 1.29 is 22.7 Å². The number of carbonyl (C=O) groups excluding carboxylic acids is 2. The molecule has 214 valence electrons. The molecule has 0 spiro atoms. The molecular formula is C31H28N4O5S2. The van der Waals surface area contributed by atoms with Crippen LogP contribution in [0.15, 0.2) is 88.8 Å². The van der Waals surface area contributed by atoms with Crippen LogP contribution in [0.5, 0.6) is 5.75 Å². The fraction of sp³-hybridized carbons (Fsp3) is 0.161. The summed E-state index contributed by atoms with van der Waals surface area (Å²) in [7, 11) is -2.40. The minimum atomic E-state index is -3.99. The molecule has 2 amide bonds. The molecule has 2 N–H and O–H groups in total. The lowest BCUT2D eigenvalue weighted by atomic mass is 9.98. The van der Waals surface area contributed by atoms with Gasteiger partial charge in [-0.05, 0) is 74.0 Å². The number of aryl methyl sites for hydroxylation is 1. The largest absolute Gasteiger partial charge is 0.497 e. The molecular weight excluding hydrogens is 572 g/mol. The highest BCUT2D eigenvalue weighted by Gasteiger charge is 2.22. The van der Waals surface area contributed by atoms with Crippen molar-refractivity contribution in [3.63, 3.8) is 0 Å². The maximum absolute atomic E-state index is 13.1. The second-order valence-electron chi connectivity index (χ2n) is 9.38. The van der Waals surface area contributed by atoms with E-state index in [1.165, 1.54) is 24.3 Å². The van der Waals surface area contributed by atoms with Crippen LogP contribution in [-0.2, 0) is 19.6 Å². The summed E-state index contributed by atoms with van der Waals surface area (Å²) in [4.78, 5) is 29.0. The first-order chi connectivity index (χ1) is 20.0. The molecule has 1 unspecified atom stereocenters. The molecule has 9 nitrogen and oxygen atoms in total. The molecule has 0 saturated carbocycles. The van der Waals surface area contributed by atoms with Crippen molar-refractivity contribution in [1.29, 1.82) is 5.26 Å². The number of ether oxygens (including phenoxy) is 1. The van der Waals surface area contributed by atoms with Gasteiger partial charge < -0.3 is 10.1 Å². The minimum Gasteiger partial charge on any atom is -0.497 e. The van der Waals surface area contributed by atoms with Crippen molar-refractivity contribution in [3.8, 4) is 34.2 Å². The van der Waals surface area contributed by atoms with Crippen LogP contribution >= 0.6 is 11.8 Å². The number of rotatable bonds is 9. The number of hydrogen-bond acceptors (Lipinski definition) is 8. The molecule has 0 bridgehead atoms. The number of carbonyl (C=O) groups is 2. The number of methoxy groups -OCH3 is 1. The number of nitriles is 1. The van der Waals surface area contributed by atoms with Gasteiger partial charge in [0.1, 0.15) is 16.8 Å². The van der Waals surface area contributed by atoms with Gasteiger partial charge in [0.05, 0.1) is 28.5 Å². The Kier molecular flexibility index (Phi) is 9.30. The van der Waals surface area contributed by atoms with Crippen molar-refractivity contribution in [2.45, 2.75) is 35.9 Å². The predicted octanol–water partition coefficient (Wildman–Crippen LogP) is 5.55. The van der Waals surface area contributed by atoms with E-state index in [1.54, 1.807) is 14.0 Å². The number of pyridine rings is 1. The Morgan fingerprint density at radius 1 is 0.976 bits per heavy atom. The highest BCUT2D eigenvalue weighted by molar-refractivity contribution is 8.00. The van der Waals surface area contributed by atoms with E-state index in [-0.39, 0.29) is 10.8 Å². The molecule has 0 aliphatic heterocycles. The van der Waals surface area contributed by atoms with Gasteiger partial charge in [0, 0.05) is 23.7 Å². The van der Waals surface area contributed by atoms with E-state index in [9.17, 15) is 23.3 Å². The van der Waals surface area contributed by atoms with Crippen molar-refractivity contribution in [3.05, 3.63) is 90.0 Å². The zero-order valence-corrected chi connectivity index (χ0v) is 25.0. The number of aromatic nitrogens is 1. The van der Waals surface area contributed by atoms with Gasteiger partial charge in [0.25, 0.3) is 10.0 Å². The first-order valence-electron chi connectivity index (χ1n) is 12.8. The van der Waals surface area contributed by atoms with E-state index >= 15 is 0 Å². The molecule has 4 rings (SSSR count).